The molecule has 0 aliphatic rings. The fourth-order valence-electron chi connectivity index (χ4n) is 1.89. The van der Waals surface area contributed by atoms with Crippen molar-refractivity contribution in [3.05, 3.63) is 33.8 Å². The van der Waals surface area contributed by atoms with Gasteiger partial charge in [0.2, 0.25) is 0 Å². The van der Waals surface area contributed by atoms with Crippen molar-refractivity contribution in [3.63, 3.8) is 0 Å². The lowest BCUT2D eigenvalue weighted by molar-refractivity contribution is -0.152. The molecule has 94 valence electrons. The van der Waals surface area contributed by atoms with Gasteiger partial charge >= 0.3 is 5.97 Å². The van der Waals surface area contributed by atoms with Crippen LogP contribution < -0.4 is 0 Å². The maximum atomic E-state index is 11.1. The molecule has 0 spiro atoms. The van der Waals surface area contributed by atoms with E-state index in [1.165, 1.54) is 13.0 Å². The number of hydrogen-bond acceptors (Lipinski definition) is 2. The van der Waals surface area contributed by atoms with Crippen molar-refractivity contribution in [1.29, 1.82) is 0 Å². The topological polar surface area (TPSA) is 57.5 Å². The van der Waals surface area contributed by atoms with Gasteiger partial charge in [0.25, 0.3) is 0 Å². The molecule has 0 radical (unpaired) electrons. The van der Waals surface area contributed by atoms with Gasteiger partial charge in [-0.25, -0.2) is 0 Å². The van der Waals surface area contributed by atoms with Crippen LogP contribution in [-0.4, -0.2) is 16.2 Å². The van der Waals surface area contributed by atoms with Crippen LogP contribution in [0.1, 0.15) is 25.8 Å². The van der Waals surface area contributed by atoms with Crippen LogP contribution in [-0.2, 0) is 10.4 Å². The molecule has 0 aliphatic carbocycles. The van der Waals surface area contributed by atoms with Crippen molar-refractivity contribution >= 4 is 29.2 Å². The standard InChI is InChI=1S/C12H14Cl2O3/c1-3-8(11(15)16)12(2,17)9-6-7(13)4-5-10(9)14/h4-6,8,17H,3H2,1-2H3,(H,15,16). The molecule has 0 amide bonds. The number of hydrogen-bond donors (Lipinski definition) is 2. The van der Waals surface area contributed by atoms with Gasteiger partial charge in [0.1, 0.15) is 5.60 Å². The first-order chi connectivity index (χ1) is 7.80. The second-order valence-corrected chi connectivity index (χ2v) is 4.91. The Morgan fingerprint density at radius 2 is 2.06 bits per heavy atom. The first-order valence-corrected chi connectivity index (χ1v) is 5.97. The van der Waals surface area contributed by atoms with Gasteiger partial charge in [-0.1, -0.05) is 30.1 Å². The van der Waals surface area contributed by atoms with Crippen molar-refractivity contribution in [1.82, 2.24) is 0 Å². The lowest BCUT2D eigenvalue weighted by atomic mass is 9.81. The summed E-state index contributed by atoms with van der Waals surface area (Å²) in [6.07, 6.45) is 0.297. The number of carbonyl (C=O) groups is 1. The largest absolute Gasteiger partial charge is 0.481 e. The molecule has 17 heavy (non-hydrogen) atoms. The van der Waals surface area contributed by atoms with Crippen molar-refractivity contribution in [3.8, 4) is 0 Å². The summed E-state index contributed by atoms with van der Waals surface area (Å²) in [4.78, 5) is 11.1. The lowest BCUT2D eigenvalue weighted by Crippen LogP contribution is -2.37. The van der Waals surface area contributed by atoms with Crippen molar-refractivity contribution in [2.24, 2.45) is 5.92 Å². The quantitative estimate of drug-likeness (QED) is 0.887. The zero-order valence-electron chi connectivity index (χ0n) is 9.58. The molecular weight excluding hydrogens is 263 g/mol. The van der Waals surface area contributed by atoms with Gasteiger partial charge in [0, 0.05) is 15.6 Å². The Morgan fingerprint density at radius 1 is 1.47 bits per heavy atom. The van der Waals surface area contributed by atoms with Gasteiger partial charge in [0.05, 0.1) is 5.92 Å². The van der Waals surface area contributed by atoms with Gasteiger partial charge in [-0.05, 0) is 31.5 Å². The molecule has 0 aliphatic heterocycles. The van der Waals surface area contributed by atoms with E-state index in [1.807, 2.05) is 0 Å². The van der Waals surface area contributed by atoms with Gasteiger partial charge in [-0.15, -0.1) is 0 Å². The maximum absolute atomic E-state index is 11.1. The monoisotopic (exact) mass is 276 g/mol. The molecule has 0 heterocycles. The predicted octanol–water partition coefficient (Wildman–Crippen LogP) is 3.31. The average molecular weight is 277 g/mol. The minimum atomic E-state index is -1.55. The summed E-state index contributed by atoms with van der Waals surface area (Å²) < 4.78 is 0. The number of carboxylic acid groups (broad SMARTS) is 1. The Hall–Kier alpha value is -0.770. The van der Waals surface area contributed by atoms with Gasteiger partial charge < -0.3 is 10.2 Å². The molecule has 0 bridgehead atoms. The van der Waals surface area contributed by atoms with Crippen LogP contribution in [0.3, 0.4) is 0 Å². The summed E-state index contributed by atoms with van der Waals surface area (Å²) in [5.74, 6) is -1.99. The molecular formula is C12H14Cl2O3. The highest BCUT2D eigenvalue weighted by molar-refractivity contribution is 6.33. The molecule has 1 aromatic carbocycles. The van der Waals surface area contributed by atoms with E-state index >= 15 is 0 Å². The number of rotatable bonds is 4. The van der Waals surface area contributed by atoms with Gasteiger partial charge in [-0.3, -0.25) is 4.79 Å². The summed E-state index contributed by atoms with van der Waals surface area (Å²) in [6.45, 7) is 3.14. The van der Waals surface area contributed by atoms with Crippen LogP contribution >= 0.6 is 23.2 Å². The number of halogens is 2. The normalized spacial score (nSPS) is 16.3. The Balaban J connectivity index is 3.28. The fraction of sp³-hybridized carbons (Fsp3) is 0.417. The summed E-state index contributed by atoms with van der Waals surface area (Å²) >= 11 is 11.8. The number of aliphatic hydroxyl groups is 1. The third kappa shape index (κ3) is 2.92. The summed E-state index contributed by atoms with van der Waals surface area (Å²) in [7, 11) is 0. The molecule has 2 unspecified atom stereocenters. The van der Waals surface area contributed by atoms with Crippen LogP contribution in [0, 0.1) is 5.92 Å². The molecule has 5 heteroatoms. The fourth-order valence-corrected chi connectivity index (χ4v) is 2.37. The third-order valence-electron chi connectivity index (χ3n) is 2.86. The summed E-state index contributed by atoms with van der Waals surface area (Å²) in [5, 5.41) is 20.2. The third-order valence-corrected chi connectivity index (χ3v) is 3.42. The molecule has 0 aromatic heterocycles. The molecule has 0 fully saturated rings. The Kier molecular flexibility index (Phi) is 4.42. The van der Waals surface area contributed by atoms with Crippen molar-refractivity contribution in [2.75, 3.05) is 0 Å². The highest BCUT2D eigenvalue weighted by Gasteiger charge is 2.39. The first-order valence-electron chi connectivity index (χ1n) is 5.21. The van der Waals surface area contributed by atoms with Crippen LogP contribution in [0.2, 0.25) is 10.0 Å². The number of carboxylic acids is 1. The Bertz CT molecular complexity index is 430. The van der Waals surface area contributed by atoms with Crippen molar-refractivity contribution < 1.29 is 15.0 Å². The van der Waals surface area contributed by atoms with E-state index in [0.29, 0.717) is 22.0 Å². The van der Waals surface area contributed by atoms with E-state index in [0.717, 1.165) is 0 Å². The lowest BCUT2D eigenvalue weighted by Gasteiger charge is -2.30. The minimum absolute atomic E-state index is 0.297. The first kappa shape index (κ1) is 14.3. The molecule has 3 nitrogen and oxygen atoms in total. The zero-order valence-corrected chi connectivity index (χ0v) is 11.1. The number of aliphatic carboxylic acids is 1. The van der Waals surface area contributed by atoms with Crippen molar-refractivity contribution in [2.45, 2.75) is 25.9 Å². The van der Waals surface area contributed by atoms with E-state index < -0.39 is 17.5 Å². The summed E-state index contributed by atoms with van der Waals surface area (Å²) in [6, 6.07) is 4.63. The Morgan fingerprint density at radius 3 is 2.53 bits per heavy atom. The van der Waals surface area contributed by atoms with Crippen LogP contribution in [0.4, 0.5) is 0 Å². The van der Waals surface area contributed by atoms with Crippen LogP contribution in [0.15, 0.2) is 18.2 Å². The maximum Gasteiger partial charge on any atom is 0.309 e. The second kappa shape index (κ2) is 5.25. The van der Waals surface area contributed by atoms with Gasteiger partial charge in [-0.2, -0.15) is 0 Å². The van der Waals surface area contributed by atoms with Gasteiger partial charge in [0.15, 0.2) is 0 Å². The number of benzene rings is 1. The van der Waals surface area contributed by atoms with E-state index in [9.17, 15) is 9.90 Å². The molecule has 0 saturated heterocycles. The minimum Gasteiger partial charge on any atom is -0.481 e. The van der Waals surface area contributed by atoms with E-state index in [-0.39, 0.29) is 0 Å². The zero-order chi connectivity index (χ0) is 13.2. The average Bonchev–Trinajstić information content (AvgIpc) is 2.21. The highest BCUT2D eigenvalue weighted by Crippen LogP contribution is 2.37. The van der Waals surface area contributed by atoms with E-state index in [1.54, 1.807) is 19.1 Å². The molecule has 2 N–H and O–H groups in total. The smallest absolute Gasteiger partial charge is 0.309 e. The molecule has 0 saturated carbocycles. The van der Waals surface area contributed by atoms with E-state index in [2.05, 4.69) is 0 Å². The Labute approximate surface area is 110 Å². The molecule has 1 rings (SSSR count). The van der Waals surface area contributed by atoms with E-state index in [4.69, 9.17) is 28.3 Å². The predicted molar refractivity (Wildman–Crippen MR) is 67.4 cm³/mol. The molecule has 1 aromatic rings. The summed E-state index contributed by atoms with van der Waals surface area (Å²) in [5.41, 5.74) is -1.22. The second-order valence-electron chi connectivity index (χ2n) is 4.07. The SMILES string of the molecule is CCC(C(=O)O)C(C)(O)c1cc(Cl)ccc1Cl. The molecule has 2 atom stereocenters. The van der Waals surface area contributed by atoms with Crippen LogP contribution in [0.5, 0.6) is 0 Å². The van der Waals surface area contributed by atoms with Crippen LogP contribution in [0.25, 0.3) is 0 Å². The highest BCUT2D eigenvalue weighted by atomic mass is 35.5.